The third-order valence-corrected chi connectivity index (χ3v) is 17.1. The number of esters is 3. The van der Waals surface area contributed by atoms with Crippen molar-refractivity contribution >= 4 is 17.9 Å². The highest BCUT2D eigenvalue weighted by atomic mass is 16.6. The van der Waals surface area contributed by atoms with Gasteiger partial charge >= 0.3 is 17.9 Å². The zero-order valence-corrected chi connectivity index (χ0v) is 54.2. The van der Waals surface area contributed by atoms with Crippen LogP contribution in [0.3, 0.4) is 0 Å². The van der Waals surface area contributed by atoms with Crippen LogP contribution in [0.2, 0.25) is 0 Å². The predicted molar refractivity (Wildman–Crippen MR) is 344 cm³/mol. The molecule has 0 amide bonds. The first kappa shape index (κ1) is 77.4. The van der Waals surface area contributed by atoms with Gasteiger partial charge in [-0.15, -0.1) is 0 Å². The molecule has 0 aromatic carbocycles. The van der Waals surface area contributed by atoms with Crippen molar-refractivity contribution in [1.82, 2.24) is 0 Å². The maximum absolute atomic E-state index is 12.9. The molecule has 0 radical (unpaired) electrons. The van der Waals surface area contributed by atoms with Crippen LogP contribution in [0, 0.1) is 0 Å². The average molecular weight is 1120 g/mol. The molecule has 0 aromatic heterocycles. The highest BCUT2D eigenvalue weighted by Crippen LogP contribution is 2.20. The first-order valence-corrected chi connectivity index (χ1v) is 36.5. The van der Waals surface area contributed by atoms with Gasteiger partial charge in [0.2, 0.25) is 0 Å². The smallest absolute Gasteiger partial charge is 0.306 e. The molecule has 0 aliphatic carbocycles. The fourth-order valence-corrected chi connectivity index (χ4v) is 11.6. The standard InChI is InChI=1S/C73H142O6/c1-4-7-10-13-16-19-22-24-26-28-30-32-34-35-36-37-38-39-40-42-43-45-47-49-51-54-57-60-63-66-72(75)78-69-70(68-77-71(74)65-62-59-56-53-21-18-15-12-9-6-3)79-73(76)67-64-61-58-55-52-50-48-46-44-41-33-31-29-27-25-23-20-17-14-11-8-5-2/h70H,4-69H2,1-3H3. The van der Waals surface area contributed by atoms with Crippen molar-refractivity contribution in [3.63, 3.8) is 0 Å². The molecular weight excluding hydrogens is 973 g/mol. The topological polar surface area (TPSA) is 78.9 Å². The lowest BCUT2D eigenvalue weighted by atomic mass is 10.0. The summed E-state index contributed by atoms with van der Waals surface area (Å²) in [5, 5.41) is 0. The van der Waals surface area contributed by atoms with E-state index in [0.717, 1.165) is 57.8 Å². The van der Waals surface area contributed by atoms with Crippen molar-refractivity contribution in [3.8, 4) is 0 Å². The van der Waals surface area contributed by atoms with Gasteiger partial charge in [0.1, 0.15) is 13.2 Å². The van der Waals surface area contributed by atoms with Crippen molar-refractivity contribution < 1.29 is 28.6 Å². The molecule has 6 heteroatoms. The average Bonchev–Trinajstić information content (AvgIpc) is 3.45. The van der Waals surface area contributed by atoms with E-state index in [4.69, 9.17) is 14.2 Å². The molecule has 0 aromatic rings. The number of carbonyl (C=O) groups is 3. The second kappa shape index (κ2) is 68.9. The van der Waals surface area contributed by atoms with E-state index in [-0.39, 0.29) is 31.1 Å². The Balaban J connectivity index is 4.07. The molecule has 79 heavy (non-hydrogen) atoms. The number of rotatable bonds is 69. The van der Waals surface area contributed by atoms with Crippen LogP contribution in [0.4, 0.5) is 0 Å². The molecule has 0 aliphatic rings. The minimum atomic E-state index is -0.763. The summed E-state index contributed by atoms with van der Waals surface area (Å²) in [7, 11) is 0. The van der Waals surface area contributed by atoms with Crippen LogP contribution in [0.25, 0.3) is 0 Å². The monoisotopic (exact) mass is 1120 g/mol. The molecule has 1 unspecified atom stereocenters. The van der Waals surface area contributed by atoms with Gasteiger partial charge in [-0.2, -0.15) is 0 Å². The quantitative estimate of drug-likeness (QED) is 0.0343. The zero-order chi connectivity index (χ0) is 57.1. The Hall–Kier alpha value is -1.59. The maximum atomic E-state index is 12.9. The Labute approximate surface area is 495 Å². The second-order valence-electron chi connectivity index (χ2n) is 25.2. The zero-order valence-electron chi connectivity index (χ0n) is 54.2. The molecule has 6 nitrogen and oxygen atoms in total. The van der Waals surface area contributed by atoms with E-state index in [9.17, 15) is 14.4 Å². The van der Waals surface area contributed by atoms with Crippen LogP contribution in [0.5, 0.6) is 0 Å². The van der Waals surface area contributed by atoms with Crippen LogP contribution in [0.15, 0.2) is 0 Å². The van der Waals surface area contributed by atoms with E-state index in [1.165, 1.54) is 334 Å². The lowest BCUT2D eigenvalue weighted by Gasteiger charge is -2.18. The molecule has 0 heterocycles. The first-order chi connectivity index (χ1) is 39.0. The van der Waals surface area contributed by atoms with Crippen molar-refractivity contribution in [2.24, 2.45) is 0 Å². The summed E-state index contributed by atoms with van der Waals surface area (Å²) < 4.78 is 17.0. The van der Waals surface area contributed by atoms with E-state index in [1.807, 2.05) is 0 Å². The number of hydrogen-bond acceptors (Lipinski definition) is 6. The van der Waals surface area contributed by atoms with Crippen molar-refractivity contribution in [2.75, 3.05) is 13.2 Å². The molecule has 0 aliphatic heterocycles. The van der Waals surface area contributed by atoms with E-state index in [1.54, 1.807) is 0 Å². The van der Waals surface area contributed by atoms with Crippen LogP contribution in [-0.4, -0.2) is 37.2 Å². The number of unbranched alkanes of at least 4 members (excludes halogenated alkanes) is 58. The van der Waals surface area contributed by atoms with Gasteiger partial charge in [-0.25, -0.2) is 0 Å². The third-order valence-electron chi connectivity index (χ3n) is 17.1. The lowest BCUT2D eigenvalue weighted by molar-refractivity contribution is -0.167. The highest BCUT2D eigenvalue weighted by Gasteiger charge is 2.20. The molecule has 0 saturated carbocycles. The van der Waals surface area contributed by atoms with Crippen molar-refractivity contribution in [3.05, 3.63) is 0 Å². The van der Waals surface area contributed by atoms with Gasteiger partial charge in [0.05, 0.1) is 0 Å². The molecule has 0 spiro atoms. The van der Waals surface area contributed by atoms with E-state index < -0.39 is 6.10 Å². The molecule has 0 bridgehead atoms. The first-order valence-electron chi connectivity index (χ1n) is 36.5. The van der Waals surface area contributed by atoms with Gasteiger partial charge in [0.25, 0.3) is 0 Å². The number of carbonyl (C=O) groups excluding carboxylic acids is 3. The predicted octanol–water partition coefficient (Wildman–Crippen LogP) is 25.0. The summed E-state index contributed by atoms with van der Waals surface area (Å²) in [6, 6.07) is 0. The van der Waals surface area contributed by atoms with Gasteiger partial charge in [-0.1, -0.05) is 393 Å². The van der Waals surface area contributed by atoms with E-state index in [2.05, 4.69) is 20.8 Å². The highest BCUT2D eigenvalue weighted by molar-refractivity contribution is 5.71. The lowest BCUT2D eigenvalue weighted by Crippen LogP contribution is -2.30. The third kappa shape index (κ3) is 67.1. The summed E-state index contributed by atoms with van der Waals surface area (Å²) in [6.45, 7) is 6.73. The van der Waals surface area contributed by atoms with Crippen LogP contribution >= 0.6 is 0 Å². The summed E-state index contributed by atoms with van der Waals surface area (Å²) >= 11 is 0. The van der Waals surface area contributed by atoms with Gasteiger partial charge in [0, 0.05) is 19.3 Å². The fourth-order valence-electron chi connectivity index (χ4n) is 11.6. The molecule has 470 valence electrons. The van der Waals surface area contributed by atoms with Gasteiger partial charge in [-0.3, -0.25) is 14.4 Å². The normalized spacial score (nSPS) is 11.9. The molecule has 0 N–H and O–H groups in total. The van der Waals surface area contributed by atoms with Crippen LogP contribution in [-0.2, 0) is 28.6 Å². The number of hydrogen-bond donors (Lipinski definition) is 0. The van der Waals surface area contributed by atoms with E-state index >= 15 is 0 Å². The maximum Gasteiger partial charge on any atom is 0.306 e. The van der Waals surface area contributed by atoms with Crippen molar-refractivity contribution in [1.29, 1.82) is 0 Å². The second-order valence-corrected chi connectivity index (χ2v) is 25.2. The van der Waals surface area contributed by atoms with Gasteiger partial charge < -0.3 is 14.2 Å². The molecule has 0 saturated heterocycles. The van der Waals surface area contributed by atoms with Crippen LogP contribution in [0.1, 0.15) is 432 Å². The molecular formula is C73H142O6. The number of ether oxygens (including phenoxy) is 3. The summed E-state index contributed by atoms with van der Waals surface area (Å²) in [6.07, 6.45) is 81.6. The Morgan fingerprint density at radius 3 is 0.506 bits per heavy atom. The summed E-state index contributed by atoms with van der Waals surface area (Å²) in [4.78, 5) is 38.3. The Morgan fingerprint density at radius 2 is 0.342 bits per heavy atom. The Kier molecular flexibility index (Phi) is 67.5. The Bertz CT molecular complexity index is 1190. The SMILES string of the molecule is CCCCCCCCCCCCCCCCCCCCCCCCCCCCCCCC(=O)OCC(COC(=O)CCCCCCCCCCCC)OC(=O)CCCCCCCCCCCCCCCCCCCCCCCC. The fraction of sp³-hybridized carbons (Fsp3) is 0.959. The largest absolute Gasteiger partial charge is 0.462 e. The van der Waals surface area contributed by atoms with Gasteiger partial charge in [0.15, 0.2) is 6.10 Å². The molecule has 0 fully saturated rings. The van der Waals surface area contributed by atoms with Crippen LogP contribution < -0.4 is 0 Å². The molecule has 1 atom stereocenters. The minimum Gasteiger partial charge on any atom is -0.462 e. The van der Waals surface area contributed by atoms with E-state index in [0.29, 0.717) is 19.3 Å². The van der Waals surface area contributed by atoms with Gasteiger partial charge in [-0.05, 0) is 19.3 Å². The molecule has 0 rings (SSSR count). The minimum absolute atomic E-state index is 0.0605. The summed E-state index contributed by atoms with van der Waals surface area (Å²) in [5.74, 6) is -0.823. The van der Waals surface area contributed by atoms with Crippen molar-refractivity contribution in [2.45, 2.75) is 438 Å². The summed E-state index contributed by atoms with van der Waals surface area (Å²) in [5.41, 5.74) is 0. The Morgan fingerprint density at radius 1 is 0.203 bits per heavy atom.